The van der Waals surface area contributed by atoms with Gasteiger partial charge in [0.2, 0.25) is 0 Å². The number of fused-ring (bicyclic) bond motifs is 3. The number of hydrogen-bond acceptors (Lipinski definition) is 8. The van der Waals surface area contributed by atoms with Gasteiger partial charge in [0.1, 0.15) is 24.0 Å². The van der Waals surface area contributed by atoms with Gasteiger partial charge in [0.15, 0.2) is 20.2 Å². The van der Waals surface area contributed by atoms with E-state index in [2.05, 4.69) is 117 Å². The number of hydrogen-bond donors (Lipinski definition) is 0. The lowest BCUT2D eigenvalue weighted by Crippen LogP contribution is -2.47. The largest absolute Gasteiger partial charge is 0.478 e. The van der Waals surface area contributed by atoms with Crippen LogP contribution in [0.2, 0.25) is 0 Å². The van der Waals surface area contributed by atoms with Crippen molar-refractivity contribution in [3.8, 4) is 5.75 Å². The quantitative estimate of drug-likeness (QED) is 0.253. The van der Waals surface area contributed by atoms with Gasteiger partial charge in [-0.3, -0.25) is 4.90 Å². The average Bonchev–Trinajstić information content (AvgIpc) is 3.23. The number of anilines is 3. The second-order valence-electron chi connectivity index (χ2n) is 15.5. The molecule has 3 aliphatic carbocycles. The zero-order chi connectivity index (χ0) is 35.1. The van der Waals surface area contributed by atoms with E-state index in [0.717, 1.165) is 88.4 Å². The van der Waals surface area contributed by atoms with Gasteiger partial charge in [-0.25, -0.2) is 0 Å². The van der Waals surface area contributed by atoms with Gasteiger partial charge >= 0.3 is 0 Å². The highest BCUT2D eigenvalue weighted by molar-refractivity contribution is 5.58. The maximum atomic E-state index is 6.32. The molecule has 0 saturated carbocycles. The molecule has 0 aromatic heterocycles. The molecule has 4 heterocycles. The van der Waals surface area contributed by atoms with Crippen molar-refractivity contribution in [3.63, 3.8) is 0 Å². The lowest BCUT2D eigenvalue weighted by atomic mass is 9.87. The van der Waals surface area contributed by atoms with Crippen LogP contribution in [0.25, 0.3) is 0 Å². The molecule has 0 spiro atoms. The van der Waals surface area contributed by atoms with Crippen LogP contribution in [0.15, 0.2) is 126 Å². The first-order valence-electron chi connectivity index (χ1n) is 19.5. The number of ether oxygens (including phenoxy) is 4. The third-order valence-corrected chi connectivity index (χ3v) is 12.0. The fraction of sp³-hybridized carbons (Fsp3) is 0.378. The molecule has 8 heteroatoms. The molecule has 0 N–H and O–H groups in total. The topological polar surface area (TPSA) is 49.9 Å². The highest BCUT2D eigenvalue weighted by atomic mass is 16.5. The van der Waals surface area contributed by atoms with Gasteiger partial charge in [-0.05, 0) is 104 Å². The van der Waals surface area contributed by atoms with Gasteiger partial charge < -0.3 is 33.6 Å². The smallest absolute Gasteiger partial charge is 0.161 e. The van der Waals surface area contributed by atoms with Crippen molar-refractivity contribution in [1.29, 1.82) is 0 Å². The van der Waals surface area contributed by atoms with E-state index < -0.39 is 0 Å². The average molecular weight is 709 g/mol. The first kappa shape index (κ1) is 32.6. The first-order chi connectivity index (χ1) is 26.2. The van der Waals surface area contributed by atoms with Crippen molar-refractivity contribution in [2.45, 2.75) is 57.5 Å². The van der Waals surface area contributed by atoms with Gasteiger partial charge in [-0.1, -0.05) is 42.5 Å². The van der Waals surface area contributed by atoms with E-state index in [9.17, 15) is 0 Å². The zero-order valence-electron chi connectivity index (χ0n) is 30.4. The third-order valence-electron chi connectivity index (χ3n) is 12.0. The van der Waals surface area contributed by atoms with Crippen LogP contribution >= 0.6 is 0 Å². The molecule has 4 aliphatic heterocycles. The van der Waals surface area contributed by atoms with E-state index in [4.69, 9.17) is 18.9 Å². The van der Waals surface area contributed by atoms with Crippen molar-refractivity contribution >= 4 is 17.1 Å². The molecule has 2 saturated heterocycles. The van der Waals surface area contributed by atoms with Gasteiger partial charge in [-0.15, -0.1) is 0 Å². The minimum absolute atomic E-state index is 0.406. The summed E-state index contributed by atoms with van der Waals surface area (Å²) in [6, 6.07) is 25.1. The molecule has 10 rings (SSSR count). The Labute approximate surface area is 312 Å². The van der Waals surface area contributed by atoms with Crippen LogP contribution < -0.4 is 19.4 Å². The molecule has 0 bridgehead atoms. The van der Waals surface area contributed by atoms with Crippen LogP contribution in [-0.4, -0.2) is 57.5 Å². The monoisotopic (exact) mass is 708 g/mol. The summed E-state index contributed by atoms with van der Waals surface area (Å²) in [5.41, 5.74) is 10.1. The Morgan fingerprint density at radius 1 is 0.642 bits per heavy atom. The van der Waals surface area contributed by atoms with Crippen LogP contribution in [0.4, 0.5) is 17.1 Å². The summed E-state index contributed by atoms with van der Waals surface area (Å²) in [6.07, 6.45) is 18.8. The van der Waals surface area contributed by atoms with Crippen molar-refractivity contribution in [2.75, 3.05) is 61.3 Å². The maximum absolute atomic E-state index is 6.32. The van der Waals surface area contributed by atoms with Crippen LogP contribution in [-0.2, 0) is 27.2 Å². The third kappa shape index (κ3) is 6.69. The second kappa shape index (κ2) is 14.0. The van der Waals surface area contributed by atoms with Crippen molar-refractivity contribution in [2.24, 2.45) is 5.92 Å². The molecule has 0 amide bonds. The summed E-state index contributed by atoms with van der Waals surface area (Å²) >= 11 is 0. The molecule has 2 unspecified atom stereocenters. The predicted octanol–water partition coefficient (Wildman–Crippen LogP) is 8.38. The summed E-state index contributed by atoms with van der Waals surface area (Å²) in [5, 5.41) is 0. The molecule has 3 aromatic carbocycles. The van der Waals surface area contributed by atoms with Gasteiger partial charge in [0.05, 0.1) is 5.76 Å². The highest BCUT2D eigenvalue weighted by Gasteiger charge is 2.36. The van der Waals surface area contributed by atoms with Crippen LogP contribution in [0.3, 0.4) is 0 Å². The molecule has 7 aliphatic rings. The summed E-state index contributed by atoms with van der Waals surface area (Å²) in [5.74, 6) is 4.82. The predicted molar refractivity (Wildman–Crippen MR) is 208 cm³/mol. The van der Waals surface area contributed by atoms with Gasteiger partial charge in [-0.2, -0.15) is 0 Å². The Balaban J connectivity index is 0.742. The van der Waals surface area contributed by atoms with Crippen molar-refractivity contribution < 1.29 is 18.9 Å². The number of rotatable bonds is 6. The van der Waals surface area contributed by atoms with Crippen molar-refractivity contribution in [1.82, 2.24) is 4.90 Å². The second-order valence-corrected chi connectivity index (χ2v) is 15.5. The van der Waals surface area contributed by atoms with Crippen molar-refractivity contribution in [3.05, 3.63) is 142 Å². The number of nitrogens with zero attached hydrogens (tertiary/aromatic N) is 4. The lowest BCUT2D eigenvalue weighted by Gasteiger charge is -2.44. The minimum Gasteiger partial charge on any atom is -0.478 e. The van der Waals surface area contributed by atoms with Crippen LogP contribution in [0, 0.1) is 5.92 Å². The van der Waals surface area contributed by atoms with E-state index in [0.29, 0.717) is 38.9 Å². The van der Waals surface area contributed by atoms with Gasteiger partial charge in [0, 0.05) is 78.3 Å². The Hall–Kier alpha value is -5.08. The summed E-state index contributed by atoms with van der Waals surface area (Å²) < 4.78 is 24.8. The summed E-state index contributed by atoms with van der Waals surface area (Å²) in [4.78, 5) is 9.52. The fourth-order valence-electron chi connectivity index (χ4n) is 8.95. The molecule has 0 radical (unpaired) electrons. The summed E-state index contributed by atoms with van der Waals surface area (Å²) in [7, 11) is 0. The highest BCUT2D eigenvalue weighted by Crippen LogP contribution is 2.37. The van der Waals surface area contributed by atoms with E-state index in [1.54, 1.807) is 0 Å². The molecular formula is C45H48N4O4. The normalized spacial score (nSPS) is 23.8. The van der Waals surface area contributed by atoms with E-state index in [1.807, 2.05) is 0 Å². The Morgan fingerprint density at radius 3 is 2.26 bits per heavy atom. The molecule has 272 valence electrons. The lowest BCUT2D eigenvalue weighted by molar-refractivity contribution is 0.00997. The molecule has 2 fully saturated rings. The van der Waals surface area contributed by atoms with Crippen LogP contribution in [0.5, 0.6) is 5.75 Å². The Morgan fingerprint density at radius 2 is 1.40 bits per heavy atom. The Bertz CT molecular complexity index is 2010. The molecule has 8 nitrogen and oxygen atoms in total. The maximum Gasteiger partial charge on any atom is 0.161 e. The fourth-order valence-corrected chi connectivity index (χ4v) is 8.95. The molecule has 3 aromatic rings. The minimum atomic E-state index is 0.406. The Kier molecular flexibility index (Phi) is 8.63. The SMILES string of the molecule is C1=CC2=C(CC1)OCN(c1ccc3c(c1)CN(c1ccc(Cc4ccc(N5COC6=CCC(N7COC8=CCCC=C8C7)CC6C5)cc4)cc1)CO3)C2. The molecule has 2 atom stereocenters. The molecule has 53 heavy (non-hydrogen) atoms. The van der Waals surface area contributed by atoms with Crippen LogP contribution in [0.1, 0.15) is 55.2 Å². The number of allylic oxidation sites excluding steroid dienone is 4. The zero-order valence-corrected chi connectivity index (χ0v) is 30.4. The standard InChI is InChI=1S/C45H48N4O4/c1-3-7-42-34(5-1)24-48(30-50-42)40-17-19-44-36(22-40)26-46(28-52-44)38-13-9-32(10-14-38)21-33-11-15-39(16-12-33)47-27-37-23-41(18-20-45(37)53-29-47)49-25-35-6-2-4-8-43(35)51-31-49/h1,5-6,8-17,19-20,22,37,41H,2-4,7,18,21,23-31H2. The number of benzene rings is 3. The first-order valence-corrected chi connectivity index (χ1v) is 19.5. The van der Waals surface area contributed by atoms with E-state index >= 15 is 0 Å². The van der Waals surface area contributed by atoms with E-state index in [1.165, 1.54) is 50.7 Å². The molecular weight excluding hydrogens is 661 g/mol. The van der Waals surface area contributed by atoms with E-state index in [-0.39, 0.29) is 0 Å². The summed E-state index contributed by atoms with van der Waals surface area (Å²) in [6.45, 7) is 6.12. The van der Waals surface area contributed by atoms with Gasteiger partial charge in [0.25, 0.3) is 0 Å².